The molecule has 0 saturated carbocycles. The van der Waals surface area contributed by atoms with Gasteiger partial charge in [0.15, 0.2) is 0 Å². The number of carbonyl (C=O) groups is 1. The molecule has 0 spiro atoms. The molecule has 13 heavy (non-hydrogen) atoms. The highest BCUT2D eigenvalue weighted by molar-refractivity contribution is 5.75. The highest BCUT2D eigenvalue weighted by Gasteiger charge is 2.42. The van der Waals surface area contributed by atoms with Crippen LogP contribution >= 0.6 is 0 Å². The molecular formula is C7H9F3O3. The van der Waals surface area contributed by atoms with Crippen molar-refractivity contribution in [2.24, 2.45) is 0 Å². The number of hydrogen-bond donors (Lipinski definition) is 0. The third-order valence-corrected chi connectivity index (χ3v) is 1.62. The van der Waals surface area contributed by atoms with E-state index in [0.29, 0.717) is 19.4 Å². The topological polar surface area (TPSA) is 35.5 Å². The smallest absolute Gasteiger partial charge is 0.453 e. The molecule has 1 fully saturated rings. The van der Waals surface area contributed by atoms with Crippen LogP contribution in [0.1, 0.15) is 12.8 Å². The van der Waals surface area contributed by atoms with Crippen LogP contribution in [0.4, 0.5) is 13.2 Å². The lowest BCUT2D eigenvalue weighted by molar-refractivity contribution is -0.209. The van der Waals surface area contributed by atoms with E-state index in [-0.39, 0.29) is 6.61 Å². The number of esters is 1. The number of ether oxygens (including phenoxy) is 2. The number of rotatable bonds is 1. The maximum atomic E-state index is 11.7. The Morgan fingerprint density at radius 1 is 1.46 bits per heavy atom. The third kappa shape index (κ3) is 3.22. The SMILES string of the molecule is O=C(OC1CCCOC1)C(F)(F)F. The van der Waals surface area contributed by atoms with Crippen molar-refractivity contribution < 1.29 is 27.4 Å². The molecule has 1 rings (SSSR count). The minimum atomic E-state index is -4.91. The number of hydrogen-bond acceptors (Lipinski definition) is 3. The molecule has 1 atom stereocenters. The summed E-state index contributed by atoms with van der Waals surface area (Å²) in [6.07, 6.45) is -4.60. The van der Waals surface area contributed by atoms with Gasteiger partial charge in [0.05, 0.1) is 6.61 Å². The van der Waals surface area contributed by atoms with E-state index in [9.17, 15) is 18.0 Å². The average molecular weight is 198 g/mol. The molecule has 0 amide bonds. The Kier molecular flexibility index (Phi) is 3.13. The van der Waals surface area contributed by atoms with E-state index < -0.39 is 18.2 Å². The van der Waals surface area contributed by atoms with Crippen LogP contribution in [0.3, 0.4) is 0 Å². The van der Waals surface area contributed by atoms with E-state index in [1.54, 1.807) is 0 Å². The Labute approximate surface area is 72.8 Å². The highest BCUT2D eigenvalue weighted by atomic mass is 19.4. The first kappa shape index (κ1) is 10.3. The highest BCUT2D eigenvalue weighted by Crippen LogP contribution is 2.19. The van der Waals surface area contributed by atoms with Crippen LogP contribution in [-0.4, -0.2) is 31.5 Å². The molecule has 0 N–H and O–H groups in total. The minimum Gasteiger partial charge on any atom is -0.453 e. The van der Waals surface area contributed by atoms with E-state index in [4.69, 9.17) is 4.74 Å². The van der Waals surface area contributed by atoms with Gasteiger partial charge in [0.1, 0.15) is 6.10 Å². The molecule has 1 unspecified atom stereocenters. The Morgan fingerprint density at radius 3 is 2.62 bits per heavy atom. The first-order valence-corrected chi connectivity index (χ1v) is 3.85. The van der Waals surface area contributed by atoms with Crippen LogP contribution in [0.25, 0.3) is 0 Å². The molecule has 76 valence electrons. The molecule has 1 heterocycles. The molecule has 0 aromatic rings. The lowest BCUT2D eigenvalue weighted by atomic mass is 10.2. The van der Waals surface area contributed by atoms with E-state index in [2.05, 4.69) is 4.74 Å². The van der Waals surface area contributed by atoms with Crippen LogP contribution in [-0.2, 0) is 14.3 Å². The van der Waals surface area contributed by atoms with Crippen LogP contribution in [0, 0.1) is 0 Å². The zero-order valence-corrected chi connectivity index (χ0v) is 6.76. The van der Waals surface area contributed by atoms with Crippen molar-refractivity contribution in [2.45, 2.75) is 25.1 Å². The van der Waals surface area contributed by atoms with Gasteiger partial charge in [-0.3, -0.25) is 0 Å². The van der Waals surface area contributed by atoms with Crippen molar-refractivity contribution >= 4 is 5.97 Å². The van der Waals surface area contributed by atoms with Crippen molar-refractivity contribution in [3.8, 4) is 0 Å². The first-order chi connectivity index (χ1) is 6.00. The normalized spacial score (nSPS) is 24.1. The van der Waals surface area contributed by atoms with Gasteiger partial charge >= 0.3 is 12.1 Å². The lowest BCUT2D eigenvalue weighted by Gasteiger charge is -2.22. The van der Waals surface area contributed by atoms with Crippen LogP contribution in [0.15, 0.2) is 0 Å². The van der Waals surface area contributed by atoms with Gasteiger partial charge in [0, 0.05) is 6.61 Å². The van der Waals surface area contributed by atoms with Gasteiger partial charge in [-0.15, -0.1) is 0 Å². The maximum absolute atomic E-state index is 11.7. The summed E-state index contributed by atoms with van der Waals surface area (Å²) in [5.74, 6) is -2.14. The Bertz CT molecular complexity index is 184. The van der Waals surface area contributed by atoms with Crippen molar-refractivity contribution in [2.75, 3.05) is 13.2 Å². The summed E-state index contributed by atoms with van der Waals surface area (Å²) in [5.41, 5.74) is 0. The fourth-order valence-electron chi connectivity index (χ4n) is 1.02. The summed E-state index contributed by atoms with van der Waals surface area (Å²) in [6, 6.07) is 0. The van der Waals surface area contributed by atoms with Crippen molar-refractivity contribution in [1.29, 1.82) is 0 Å². The molecule has 0 bridgehead atoms. The standard InChI is InChI=1S/C7H9F3O3/c8-7(9,10)6(11)13-5-2-1-3-12-4-5/h5H,1-4H2. The second-order valence-corrected chi connectivity index (χ2v) is 2.74. The fraction of sp³-hybridized carbons (Fsp3) is 0.857. The van der Waals surface area contributed by atoms with Gasteiger partial charge in [0.25, 0.3) is 0 Å². The summed E-state index contributed by atoms with van der Waals surface area (Å²) in [4.78, 5) is 10.3. The Morgan fingerprint density at radius 2 is 2.15 bits per heavy atom. The zero-order valence-electron chi connectivity index (χ0n) is 6.76. The summed E-state index contributed by atoms with van der Waals surface area (Å²) in [6.45, 7) is 0.571. The number of halogens is 3. The van der Waals surface area contributed by atoms with E-state index >= 15 is 0 Å². The summed E-state index contributed by atoms with van der Waals surface area (Å²) in [5, 5.41) is 0. The molecule has 0 aliphatic carbocycles. The third-order valence-electron chi connectivity index (χ3n) is 1.62. The Hall–Kier alpha value is -0.780. The molecular weight excluding hydrogens is 189 g/mol. The maximum Gasteiger partial charge on any atom is 0.490 e. The molecule has 0 aromatic heterocycles. The molecule has 6 heteroatoms. The van der Waals surface area contributed by atoms with E-state index in [0.717, 1.165) is 0 Å². The minimum absolute atomic E-state index is 0.0574. The quantitative estimate of drug-likeness (QED) is 0.595. The van der Waals surface area contributed by atoms with E-state index in [1.165, 1.54) is 0 Å². The summed E-state index contributed by atoms with van der Waals surface area (Å²) < 4.78 is 44.1. The van der Waals surface area contributed by atoms with Crippen molar-refractivity contribution in [3.05, 3.63) is 0 Å². The largest absolute Gasteiger partial charge is 0.490 e. The summed E-state index contributed by atoms with van der Waals surface area (Å²) >= 11 is 0. The van der Waals surface area contributed by atoms with Gasteiger partial charge in [0.2, 0.25) is 0 Å². The first-order valence-electron chi connectivity index (χ1n) is 3.85. The van der Waals surface area contributed by atoms with Crippen molar-refractivity contribution in [3.63, 3.8) is 0 Å². The molecule has 0 aromatic carbocycles. The average Bonchev–Trinajstić information content (AvgIpc) is 2.04. The van der Waals surface area contributed by atoms with Crippen LogP contribution in [0.2, 0.25) is 0 Å². The number of alkyl halides is 3. The molecule has 0 radical (unpaired) electrons. The fourth-order valence-corrected chi connectivity index (χ4v) is 1.02. The van der Waals surface area contributed by atoms with Crippen molar-refractivity contribution in [1.82, 2.24) is 0 Å². The number of carbonyl (C=O) groups excluding carboxylic acids is 1. The van der Waals surface area contributed by atoms with Crippen LogP contribution < -0.4 is 0 Å². The monoisotopic (exact) mass is 198 g/mol. The molecule has 1 aliphatic rings. The predicted molar refractivity (Wildman–Crippen MR) is 36.0 cm³/mol. The Balaban J connectivity index is 2.35. The predicted octanol–water partition coefficient (Wildman–Crippen LogP) is 1.27. The molecule has 1 saturated heterocycles. The van der Waals surface area contributed by atoms with Gasteiger partial charge in [-0.1, -0.05) is 0 Å². The van der Waals surface area contributed by atoms with Gasteiger partial charge in [-0.2, -0.15) is 13.2 Å². The zero-order chi connectivity index (χ0) is 9.90. The van der Waals surface area contributed by atoms with E-state index in [1.807, 2.05) is 0 Å². The lowest BCUT2D eigenvalue weighted by Crippen LogP contribution is -2.34. The second-order valence-electron chi connectivity index (χ2n) is 2.74. The van der Waals surface area contributed by atoms with Gasteiger partial charge in [-0.25, -0.2) is 4.79 Å². The van der Waals surface area contributed by atoms with Gasteiger partial charge < -0.3 is 9.47 Å². The molecule has 1 aliphatic heterocycles. The molecule has 3 nitrogen and oxygen atoms in total. The van der Waals surface area contributed by atoms with Crippen LogP contribution in [0.5, 0.6) is 0 Å². The second kappa shape index (κ2) is 3.95. The van der Waals surface area contributed by atoms with Gasteiger partial charge in [-0.05, 0) is 12.8 Å². The summed E-state index contributed by atoms with van der Waals surface area (Å²) in [7, 11) is 0.